The van der Waals surface area contributed by atoms with E-state index >= 15 is 0 Å². The predicted octanol–water partition coefficient (Wildman–Crippen LogP) is 4.75. The van der Waals surface area contributed by atoms with Gasteiger partial charge in [-0.05, 0) is 37.2 Å². The molecule has 21 heavy (non-hydrogen) atoms. The average Bonchev–Trinajstić information content (AvgIpc) is 2.47. The number of methoxy groups -OCH3 is 1. The Kier molecular flexibility index (Phi) is 5.62. The molecule has 2 aromatic rings. The molecule has 0 fully saturated rings. The molecule has 0 radical (unpaired) electrons. The van der Waals surface area contributed by atoms with Crippen molar-refractivity contribution in [1.29, 1.82) is 0 Å². The molecule has 0 aliphatic heterocycles. The Morgan fingerprint density at radius 3 is 2.62 bits per heavy atom. The van der Waals surface area contributed by atoms with Crippen molar-refractivity contribution in [3.8, 4) is 5.75 Å². The van der Waals surface area contributed by atoms with Crippen molar-refractivity contribution < 1.29 is 9.13 Å². The van der Waals surface area contributed by atoms with Gasteiger partial charge in [0, 0.05) is 27.2 Å². The predicted molar refractivity (Wildman–Crippen MR) is 87.6 cm³/mol. The van der Waals surface area contributed by atoms with E-state index in [2.05, 4.69) is 21.2 Å². The van der Waals surface area contributed by atoms with E-state index in [4.69, 9.17) is 16.3 Å². The summed E-state index contributed by atoms with van der Waals surface area (Å²) in [4.78, 5) is 0. The number of benzene rings is 2. The Bertz CT molecular complexity index is 636. The highest BCUT2D eigenvalue weighted by atomic mass is 79.9. The summed E-state index contributed by atoms with van der Waals surface area (Å²) in [5.41, 5.74) is 1.56. The fourth-order valence-corrected chi connectivity index (χ4v) is 2.94. The van der Waals surface area contributed by atoms with Gasteiger partial charge in [0.25, 0.3) is 0 Å². The number of nitrogens with one attached hydrogen (secondary N) is 1. The molecule has 5 heteroatoms. The lowest BCUT2D eigenvalue weighted by Gasteiger charge is -2.19. The van der Waals surface area contributed by atoms with E-state index in [0.29, 0.717) is 22.8 Å². The van der Waals surface area contributed by atoms with Crippen LogP contribution >= 0.6 is 27.5 Å². The number of likely N-dealkylation sites (N-methyl/N-ethyl adjacent to an activating group) is 1. The van der Waals surface area contributed by atoms with E-state index < -0.39 is 0 Å². The standard InChI is InChI=1S/C16H16BrClFNO/c1-20-16(7-10-3-4-11(17)8-14(10)18)13-6-5-12(21-2)9-15(13)19/h3-6,8-9,16,20H,7H2,1-2H3. The quantitative estimate of drug-likeness (QED) is 0.817. The molecule has 0 spiro atoms. The van der Waals surface area contributed by atoms with Crippen molar-refractivity contribution in [1.82, 2.24) is 5.32 Å². The average molecular weight is 373 g/mol. The van der Waals surface area contributed by atoms with Crippen LogP contribution in [0.15, 0.2) is 40.9 Å². The summed E-state index contributed by atoms with van der Waals surface area (Å²) < 4.78 is 20.1. The van der Waals surface area contributed by atoms with Crippen molar-refractivity contribution in [3.05, 3.63) is 62.8 Å². The zero-order valence-electron chi connectivity index (χ0n) is 11.8. The highest BCUT2D eigenvalue weighted by Crippen LogP contribution is 2.28. The van der Waals surface area contributed by atoms with Crippen LogP contribution in [0.3, 0.4) is 0 Å². The summed E-state index contributed by atoms with van der Waals surface area (Å²) in [7, 11) is 3.33. The van der Waals surface area contributed by atoms with Crippen molar-refractivity contribution in [2.75, 3.05) is 14.2 Å². The Hall–Kier alpha value is -1.10. The molecule has 0 saturated heterocycles. The van der Waals surface area contributed by atoms with Crippen molar-refractivity contribution >= 4 is 27.5 Å². The molecule has 0 bridgehead atoms. The van der Waals surface area contributed by atoms with Gasteiger partial charge < -0.3 is 10.1 Å². The van der Waals surface area contributed by atoms with Crippen LogP contribution in [0.1, 0.15) is 17.2 Å². The third kappa shape index (κ3) is 3.96. The Labute approximate surface area is 137 Å². The molecule has 0 saturated carbocycles. The van der Waals surface area contributed by atoms with Crippen LogP contribution in [-0.2, 0) is 6.42 Å². The van der Waals surface area contributed by atoms with Gasteiger partial charge in [0.05, 0.1) is 7.11 Å². The van der Waals surface area contributed by atoms with Gasteiger partial charge >= 0.3 is 0 Å². The number of hydrogen-bond donors (Lipinski definition) is 1. The lowest BCUT2D eigenvalue weighted by molar-refractivity contribution is 0.409. The third-order valence-corrected chi connectivity index (χ3v) is 4.22. The zero-order chi connectivity index (χ0) is 15.4. The highest BCUT2D eigenvalue weighted by molar-refractivity contribution is 9.10. The fourth-order valence-electron chi connectivity index (χ4n) is 2.19. The van der Waals surface area contributed by atoms with E-state index in [1.165, 1.54) is 13.2 Å². The van der Waals surface area contributed by atoms with Gasteiger partial charge in [-0.15, -0.1) is 0 Å². The first-order valence-electron chi connectivity index (χ1n) is 6.49. The van der Waals surface area contributed by atoms with Gasteiger partial charge in [-0.2, -0.15) is 0 Å². The maximum absolute atomic E-state index is 14.2. The Morgan fingerprint density at radius 1 is 1.29 bits per heavy atom. The second-order valence-corrected chi connectivity index (χ2v) is 5.99. The summed E-state index contributed by atoms with van der Waals surface area (Å²) in [6.07, 6.45) is 0.603. The topological polar surface area (TPSA) is 21.3 Å². The van der Waals surface area contributed by atoms with Gasteiger partial charge in [-0.25, -0.2) is 4.39 Å². The number of halogens is 3. The molecular formula is C16H16BrClFNO. The minimum absolute atomic E-state index is 0.158. The number of hydrogen-bond acceptors (Lipinski definition) is 2. The largest absolute Gasteiger partial charge is 0.497 e. The van der Waals surface area contributed by atoms with Gasteiger partial charge in [0.1, 0.15) is 11.6 Å². The van der Waals surface area contributed by atoms with Crippen molar-refractivity contribution in [3.63, 3.8) is 0 Å². The lowest BCUT2D eigenvalue weighted by Crippen LogP contribution is -2.20. The maximum atomic E-state index is 14.2. The summed E-state index contributed by atoms with van der Waals surface area (Å²) in [6, 6.07) is 10.4. The van der Waals surface area contributed by atoms with Crippen LogP contribution in [-0.4, -0.2) is 14.2 Å². The van der Waals surface area contributed by atoms with Gasteiger partial charge in [-0.3, -0.25) is 0 Å². The van der Waals surface area contributed by atoms with Crippen LogP contribution in [0.5, 0.6) is 5.75 Å². The van der Waals surface area contributed by atoms with E-state index in [1.807, 2.05) is 18.2 Å². The third-order valence-electron chi connectivity index (χ3n) is 3.37. The number of rotatable bonds is 5. The maximum Gasteiger partial charge on any atom is 0.131 e. The second-order valence-electron chi connectivity index (χ2n) is 4.67. The SMILES string of the molecule is CNC(Cc1ccc(Br)cc1Cl)c1ccc(OC)cc1F. The molecule has 2 aromatic carbocycles. The normalized spacial score (nSPS) is 12.2. The van der Waals surface area contributed by atoms with Crippen LogP contribution in [0.25, 0.3) is 0 Å². The number of ether oxygens (including phenoxy) is 1. The van der Waals surface area contributed by atoms with Crippen LogP contribution < -0.4 is 10.1 Å². The highest BCUT2D eigenvalue weighted by Gasteiger charge is 2.16. The fraction of sp³-hybridized carbons (Fsp3) is 0.250. The summed E-state index contributed by atoms with van der Waals surface area (Å²) in [5, 5.41) is 3.80. The molecule has 1 atom stereocenters. The molecule has 2 rings (SSSR count). The molecule has 0 aromatic heterocycles. The van der Waals surface area contributed by atoms with E-state index in [-0.39, 0.29) is 11.9 Å². The first-order chi connectivity index (χ1) is 10.0. The smallest absolute Gasteiger partial charge is 0.131 e. The minimum atomic E-state index is -0.290. The summed E-state index contributed by atoms with van der Waals surface area (Å²) in [6.45, 7) is 0. The van der Waals surface area contributed by atoms with Gasteiger partial charge in [0.15, 0.2) is 0 Å². The molecular weight excluding hydrogens is 357 g/mol. The van der Waals surface area contributed by atoms with E-state index in [1.54, 1.807) is 19.2 Å². The van der Waals surface area contributed by atoms with Crippen LogP contribution in [0.4, 0.5) is 4.39 Å². The molecule has 0 amide bonds. The summed E-state index contributed by atoms with van der Waals surface area (Å²) >= 11 is 9.61. The monoisotopic (exact) mass is 371 g/mol. The Balaban J connectivity index is 2.27. The molecule has 0 aliphatic rings. The lowest BCUT2D eigenvalue weighted by atomic mass is 9.98. The van der Waals surface area contributed by atoms with Gasteiger partial charge in [0.2, 0.25) is 0 Å². The second kappa shape index (κ2) is 7.25. The molecule has 1 N–H and O–H groups in total. The molecule has 1 unspecified atom stereocenters. The zero-order valence-corrected chi connectivity index (χ0v) is 14.1. The van der Waals surface area contributed by atoms with Gasteiger partial charge in [-0.1, -0.05) is 39.7 Å². The first-order valence-corrected chi connectivity index (χ1v) is 7.67. The van der Waals surface area contributed by atoms with E-state index in [0.717, 1.165) is 10.0 Å². The summed E-state index contributed by atoms with van der Waals surface area (Å²) in [5.74, 6) is 0.217. The van der Waals surface area contributed by atoms with Crippen LogP contribution in [0, 0.1) is 5.82 Å². The van der Waals surface area contributed by atoms with Crippen molar-refractivity contribution in [2.24, 2.45) is 0 Å². The van der Waals surface area contributed by atoms with E-state index in [9.17, 15) is 4.39 Å². The Morgan fingerprint density at radius 2 is 2.05 bits per heavy atom. The minimum Gasteiger partial charge on any atom is -0.497 e. The molecule has 0 heterocycles. The molecule has 112 valence electrons. The van der Waals surface area contributed by atoms with Crippen molar-refractivity contribution in [2.45, 2.75) is 12.5 Å². The van der Waals surface area contributed by atoms with Crippen LogP contribution in [0.2, 0.25) is 5.02 Å². The molecule has 0 aliphatic carbocycles. The first kappa shape index (κ1) is 16.3. The molecule has 2 nitrogen and oxygen atoms in total.